The van der Waals surface area contributed by atoms with Crippen LogP contribution in [0.1, 0.15) is 44.6 Å². The molecule has 1 aromatic carbocycles. The topological polar surface area (TPSA) is 68.8 Å². The Kier molecular flexibility index (Phi) is 7.46. The average Bonchev–Trinajstić information content (AvgIpc) is 3.27. The van der Waals surface area contributed by atoms with Gasteiger partial charge in [-0.25, -0.2) is 4.99 Å². The van der Waals surface area contributed by atoms with Crippen LogP contribution in [0.25, 0.3) is 0 Å². The summed E-state index contributed by atoms with van der Waals surface area (Å²) < 4.78 is 0. The number of carbonyl (C=O) groups is 1. The zero-order chi connectivity index (χ0) is 21.5. The maximum Gasteiger partial charge on any atom is 0.227 e. The van der Waals surface area contributed by atoms with Crippen molar-refractivity contribution in [3.63, 3.8) is 0 Å². The van der Waals surface area contributed by atoms with E-state index in [0.717, 1.165) is 62.5 Å². The Morgan fingerprint density at radius 3 is 2.68 bits per heavy atom. The van der Waals surface area contributed by atoms with Crippen molar-refractivity contribution < 1.29 is 4.79 Å². The SMILES string of the molecule is CCNC(=NCc1cccc(NC(=O)C2CCC2)c1)NC1CCN(c2cccs2)CC1. The highest BCUT2D eigenvalue weighted by Gasteiger charge is 2.25. The molecule has 0 bridgehead atoms. The molecule has 166 valence electrons. The van der Waals surface area contributed by atoms with Gasteiger partial charge >= 0.3 is 0 Å². The largest absolute Gasteiger partial charge is 0.363 e. The van der Waals surface area contributed by atoms with Gasteiger partial charge in [-0.05, 0) is 67.8 Å². The number of thiophene rings is 1. The van der Waals surface area contributed by atoms with E-state index in [4.69, 9.17) is 4.99 Å². The Morgan fingerprint density at radius 1 is 1.16 bits per heavy atom. The molecule has 2 heterocycles. The van der Waals surface area contributed by atoms with Crippen LogP contribution in [-0.4, -0.2) is 37.5 Å². The summed E-state index contributed by atoms with van der Waals surface area (Å²) >= 11 is 1.81. The number of hydrogen-bond donors (Lipinski definition) is 3. The molecule has 1 aliphatic carbocycles. The maximum atomic E-state index is 12.2. The number of guanidine groups is 1. The molecule has 31 heavy (non-hydrogen) atoms. The summed E-state index contributed by atoms with van der Waals surface area (Å²) in [4.78, 5) is 19.5. The van der Waals surface area contributed by atoms with Crippen LogP contribution in [0, 0.1) is 5.92 Å². The van der Waals surface area contributed by atoms with Crippen LogP contribution in [0.4, 0.5) is 10.7 Å². The quantitative estimate of drug-likeness (QED) is 0.447. The lowest BCUT2D eigenvalue weighted by Crippen LogP contribution is -2.48. The van der Waals surface area contributed by atoms with Crippen molar-refractivity contribution in [2.24, 2.45) is 10.9 Å². The highest BCUT2D eigenvalue weighted by Crippen LogP contribution is 2.28. The van der Waals surface area contributed by atoms with Gasteiger partial charge in [0, 0.05) is 37.3 Å². The number of amides is 1. The van der Waals surface area contributed by atoms with Gasteiger partial charge in [-0.2, -0.15) is 0 Å². The van der Waals surface area contributed by atoms with Crippen molar-refractivity contribution in [3.05, 3.63) is 47.3 Å². The van der Waals surface area contributed by atoms with E-state index in [0.29, 0.717) is 12.6 Å². The molecule has 1 amide bonds. The third-order valence-corrected chi connectivity index (χ3v) is 7.02. The van der Waals surface area contributed by atoms with E-state index >= 15 is 0 Å². The van der Waals surface area contributed by atoms with Crippen LogP contribution in [0.3, 0.4) is 0 Å². The minimum absolute atomic E-state index is 0.149. The first-order valence-electron chi connectivity index (χ1n) is 11.4. The molecule has 0 spiro atoms. The number of nitrogens with zero attached hydrogens (tertiary/aromatic N) is 2. The van der Waals surface area contributed by atoms with Crippen molar-refractivity contribution >= 4 is 33.9 Å². The fourth-order valence-corrected chi connectivity index (χ4v) is 4.83. The van der Waals surface area contributed by atoms with Crippen LogP contribution in [-0.2, 0) is 11.3 Å². The van der Waals surface area contributed by atoms with Gasteiger partial charge in [0.25, 0.3) is 0 Å². The van der Waals surface area contributed by atoms with E-state index in [9.17, 15) is 4.79 Å². The minimum atomic E-state index is 0.149. The van der Waals surface area contributed by atoms with Gasteiger partial charge in [-0.1, -0.05) is 18.6 Å². The molecule has 6 nitrogen and oxygen atoms in total. The summed E-state index contributed by atoms with van der Waals surface area (Å²) in [6.07, 6.45) is 5.40. The fraction of sp³-hybridized carbons (Fsp3) is 0.500. The van der Waals surface area contributed by atoms with Gasteiger partial charge < -0.3 is 20.9 Å². The second kappa shape index (κ2) is 10.7. The molecular formula is C24H33N5OS. The Hall–Kier alpha value is -2.54. The number of piperidine rings is 1. The predicted octanol–water partition coefficient (Wildman–Crippen LogP) is 4.21. The molecular weight excluding hydrogens is 406 g/mol. The summed E-state index contributed by atoms with van der Waals surface area (Å²) in [6, 6.07) is 12.8. The molecule has 0 radical (unpaired) electrons. The molecule has 2 fully saturated rings. The number of nitrogens with one attached hydrogen (secondary N) is 3. The van der Waals surface area contributed by atoms with Gasteiger partial charge in [-0.3, -0.25) is 4.79 Å². The van der Waals surface area contributed by atoms with Crippen molar-refractivity contribution in [3.8, 4) is 0 Å². The van der Waals surface area contributed by atoms with Gasteiger partial charge in [0.15, 0.2) is 5.96 Å². The molecule has 1 saturated carbocycles. The molecule has 3 N–H and O–H groups in total. The molecule has 1 aromatic heterocycles. The number of hydrogen-bond acceptors (Lipinski definition) is 4. The third-order valence-electron chi connectivity index (χ3n) is 6.09. The Morgan fingerprint density at radius 2 is 2.00 bits per heavy atom. The zero-order valence-corrected chi connectivity index (χ0v) is 19.1. The molecule has 0 unspecified atom stereocenters. The van der Waals surface area contributed by atoms with Crippen LogP contribution >= 0.6 is 11.3 Å². The molecule has 2 aromatic rings. The second-order valence-electron chi connectivity index (χ2n) is 8.37. The predicted molar refractivity (Wildman–Crippen MR) is 130 cm³/mol. The van der Waals surface area contributed by atoms with Crippen LogP contribution < -0.4 is 20.9 Å². The standard InChI is InChI=1S/C24H33N5OS/c1-2-25-24(28-20-11-13-29(14-12-20)22-10-5-15-31-22)26-17-18-6-3-9-21(16-18)27-23(30)19-7-4-8-19/h3,5-6,9-10,15-16,19-20H,2,4,7-8,11-14,17H2,1H3,(H,27,30)(H2,25,26,28). The van der Waals surface area contributed by atoms with E-state index in [1.165, 1.54) is 11.4 Å². The number of aliphatic imine (C=N–C) groups is 1. The number of anilines is 2. The zero-order valence-electron chi connectivity index (χ0n) is 18.3. The van der Waals surface area contributed by atoms with E-state index in [1.807, 2.05) is 29.5 Å². The van der Waals surface area contributed by atoms with Gasteiger partial charge in [-0.15, -0.1) is 11.3 Å². The van der Waals surface area contributed by atoms with Crippen molar-refractivity contribution in [2.45, 2.75) is 51.6 Å². The maximum absolute atomic E-state index is 12.2. The van der Waals surface area contributed by atoms with Gasteiger partial charge in [0.1, 0.15) is 0 Å². The van der Waals surface area contributed by atoms with E-state index in [1.54, 1.807) is 0 Å². The highest BCUT2D eigenvalue weighted by atomic mass is 32.1. The molecule has 4 rings (SSSR count). The number of carbonyl (C=O) groups excluding carboxylic acids is 1. The van der Waals surface area contributed by atoms with Crippen molar-refractivity contribution in [1.29, 1.82) is 0 Å². The summed E-state index contributed by atoms with van der Waals surface area (Å²) in [7, 11) is 0. The first-order chi connectivity index (χ1) is 15.2. The van der Waals surface area contributed by atoms with Gasteiger partial charge in [0.2, 0.25) is 5.91 Å². The molecule has 0 atom stereocenters. The van der Waals surface area contributed by atoms with Crippen molar-refractivity contribution in [1.82, 2.24) is 10.6 Å². The number of benzene rings is 1. The lowest BCUT2D eigenvalue weighted by Gasteiger charge is -2.33. The van der Waals surface area contributed by atoms with E-state index in [2.05, 4.69) is 51.4 Å². The van der Waals surface area contributed by atoms with Crippen molar-refractivity contribution in [2.75, 3.05) is 29.9 Å². The summed E-state index contributed by atoms with van der Waals surface area (Å²) in [5.41, 5.74) is 1.96. The average molecular weight is 440 g/mol. The normalized spacial score (nSPS) is 17.8. The second-order valence-corrected chi connectivity index (χ2v) is 9.30. The Balaban J connectivity index is 1.30. The highest BCUT2D eigenvalue weighted by molar-refractivity contribution is 7.14. The van der Waals surface area contributed by atoms with Crippen LogP contribution in [0.2, 0.25) is 0 Å². The molecule has 1 saturated heterocycles. The van der Waals surface area contributed by atoms with E-state index in [-0.39, 0.29) is 11.8 Å². The van der Waals surface area contributed by atoms with Gasteiger partial charge in [0.05, 0.1) is 11.5 Å². The lowest BCUT2D eigenvalue weighted by molar-refractivity contribution is -0.122. The lowest BCUT2D eigenvalue weighted by atomic mass is 9.85. The molecule has 2 aliphatic rings. The molecule has 1 aliphatic heterocycles. The first-order valence-corrected chi connectivity index (χ1v) is 12.3. The molecule has 7 heteroatoms. The smallest absolute Gasteiger partial charge is 0.227 e. The first kappa shape index (κ1) is 21.7. The number of rotatable bonds is 7. The Bertz CT molecular complexity index is 870. The monoisotopic (exact) mass is 439 g/mol. The fourth-order valence-electron chi connectivity index (χ4n) is 4.04. The summed E-state index contributed by atoms with van der Waals surface area (Å²) in [6.45, 7) is 5.64. The third kappa shape index (κ3) is 6.00. The van der Waals surface area contributed by atoms with E-state index < -0.39 is 0 Å². The van der Waals surface area contributed by atoms with Crippen LogP contribution in [0.5, 0.6) is 0 Å². The Labute approximate surface area is 189 Å². The van der Waals surface area contributed by atoms with Crippen LogP contribution in [0.15, 0.2) is 46.8 Å². The summed E-state index contributed by atoms with van der Waals surface area (Å²) in [5.74, 6) is 1.20. The summed E-state index contributed by atoms with van der Waals surface area (Å²) in [5, 5.41) is 13.6. The minimum Gasteiger partial charge on any atom is -0.363 e.